The Balaban J connectivity index is 2.01. The predicted octanol–water partition coefficient (Wildman–Crippen LogP) is 3.27. The zero-order valence-corrected chi connectivity index (χ0v) is 10.6. The number of ether oxygens (including phenoxy) is 1. The van der Waals surface area contributed by atoms with Gasteiger partial charge in [0.05, 0.1) is 0 Å². The summed E-state index contributed by atoms with van der Waals surface area (Å²) in [6.07, 6.45) is 4.20. The Morgan fingerprint density at radius 1 is 1.47 bits per heavy atom. The molecule has 0 amide bonds. The van der Waals surface area contributed by atoms with Crippen molar-refractivity contribution in [1.82, 2.24) is 5.32 Å². The summed E-state index contributed by atoms with van der Waals surface area (Å²) in [6.45, 7) is 5.93. The van der Waals surface area contributed by atoms with Crippen molar-refractivity contribution in [3.8, 4) is 5.75 Å². The van der Waals surface area contributed by atoms with Gasteiger partial charge in [0.15, 0.2) is 0 Å². The van der Waals surface area contributed by atoms with Gasteiger partial charge in [0, 0.05) is 23.9 Å². The zero-order valence-electron chi connectivity index (χ0n) is 9.86. The van der Waals surface area contributed by atoms with Crippen LogP contribution >= 0.6 is 11.6 Å². The lowest BCUT2D eigenvalue weighted by molar-refractivity contribution is 0.145. The van der Waals surface area contributed by atoms with Gasteiger partial charge in [-0.15, -0.1) is 6.58 Å². The van der Waals surface area contributed by atoms with Gasteiger partial charge in [0.1, 0.15) is 11.9 Å². The quantitative estimate of drug-likeness (QED) is 0.811. The van der Waals surface area contributed by atoms with E-state index in [2.05, 4.69) is 11.9 Å². The lowest BCUT2D eigenvalue weighted by Gasteiger charge is -2.23. The van der Waals surface area contributed by atoms with Crippen molar-refractivity contribution in [2.24, 2.45) is 5.92 Å². The lowest BCUT2D eigenvalue weighted by atomic mass is 9.99. The van der Waals surface area contributed by atoms with Gasteiger partial charge in [-0.05, 0) is 37.2 Å². The topological polar surface area (TPSA) is 21.3 Å². The third-order valence-electron chi connectivity index (χ3n) is 3.12. The first-order chi connectivity index (χ1) is 8.29. The van der Waals surface area contributed by atoms with Crippen molar-refractivity contribution in [2.75, 3.05) is 13.1 Å². The van der Waals surface area contributed by atoms with Gasteiger partial charge >= 0.3 is 0 Å². The van der Waals surface area contributed by atoms with Crippen molar-refractivity contribution in [1.29, 1.82) is 0 Å². The molecule has 0 aromatic heterocycles. The van der Waals surface area contributed by atoms with E-state index in [0.29, 0.717) is 5.92 Å². The van der Waals surface area contributed by atoms with E-state index in [1.54, 1.807) is 0 Å². The van der Waals surface area contributed by atoms with Crippen molar-refractivity contribution in [3.63, 3.8) is 0 Å². The summed E-state index contributed by atoms with van der Waals surface area (Å²) < 4.78 is 6.02. The molecule has 0 aliphatic carbocycles. The average molecular weight is 252 g/mol. The molecule has 1 aromatic carbocycles. The van der Waals surface area contributed by atoms with E-state index in [1.807, 2.05) is 30.3 Å². The normalized spacial score (nSPS) is 21.1. The SMILES string of the molecule is C=CC[C@H](Oc1ccc(Cl)cc1)[C@H]1CCNC1. The third-order valence-corrected chi connectivity index (χ3v) is 3.38. The first-order valence-corrected chi connectivity index (χ1v) is 6.41. The maximum absolute atomic E-state index is 6.02. The number of halogens is 1. The second-order valence-corrected chi connectivity index (χ2v) is 4.82. The third kappa shape index (κ3) is 3.48. The average Bonchev–Trinajstić information content (AvgIpc) is 2.85. The fourth-order valence-corrected chi connectivity index (χ4v) is 2.31. The van der Waals surface area contributed by atoms with Gasteiger partial charge in [0.2, 0.25) is 0 Å². The predicted molar refractivity (Wildman–Crippen MR) is 71.7 cm³/mol. The van der Waals surface area contributed by atoms with Gasteiger partial charge in [0.25, 0.3) is 0 Å². The van der Waals surface area contributed by atoms with Gasteiger partial charge in [-0.2, -0.15) is 0 Å². The summed E-state index contributed by atoms with van der Waals surface area (Å²) in [5.74, 6) is 1.46. The highest BCUT2D eigenvalue weighted by Crippen LogP contribution is 2.23. The highest BCUT2D eigenvalue weighted by Gasteiger charge is 2.25. The van der Waals surface area contributed by atoms with E-state index in [1.165, 1.54) is 6.42 Å². The van der Waals surface area contributed by atoms with Crippen LogP contribution in [-0.2, 0) is 0 Å². The molecule has 0 radical (unpaired) electrons. The fraction of sp³-hybridized carbons (Fsp3) is 0.429. The second kappa shape index (κ2) is 6.08. The van der Waals surface area contributed by atoms with Crippen LogP contribution in [0.25, 0.3) is 0 Å². The Hall–Kier alpha value is -0.990. The largest absolute Gasteiger partial charge is 0.490 e. The van der Waals surface area contributed by atoms with E-state index >= 15 is 0 Å². The summed E-state index contributed by atoms with van der Waals surface area (Å²) in [5.41, 5.74) is 0. The van der Waals surface area contributed by atoms with Crippen molar-refractivity contribution < 1.29 is 4.74 Å². The summed E-state index contributed by atoms with van der Waals surface area (Å²) in [6, 6.07) is 7.55. The van der Waals surface area contributed by atoms with Gasteiger partial charge in [-0.3, -0.25) is 0 Å². The van der Waals surface area contributed by atoms with E-state index in [9.17, 15) is 0 Å². The molecule has 2 atom stereocenters. The van der Waals surface area contributed by atoms with Crippen LogP contribution in [0, 0.1) is 5.92 Å². The summed E-state index contributed by atoms with van der Waals surface area (Å²) in [7, 11) is 0. The smallest absolute Gasteiger partial charge is 0.119 e. The van der Waals surface area contributed by atoms with E-state index in [-0.39, 0.29) is 6.10 Å². The number of hydrogen-bond acceptors (Lipinski definition) is 2. The molecular weight excluding hydrogens is 234 g/mol. The van der Waals surface area contributed by atoms with Crippen LogP contribution in [0.15, 0.2) is 36.9 Å². The fourth-order valence-electron chi connectivity index (χ4n) is 2.18. The van der Waals surface area contributed by atoms with Crippen LogP contribution in [-0.4, -0.2) is 19.2 Å². The van der Waals surface area contributed by atoms with E-state index in [4.69, 9.17) is 16.3 Å². The van der Waals surface area contributed by atoms with E-state index < -0.39 is 0 Å². The Morgan fingerprint density at radius 3 is 2.82 bits per heavy atom. The Kier molecular flexibility index (Phi) is 4.46. The number of benzene rings is 1. The van der Waals surface area contributed by atoms with Crippen LogP contribution in [0.4, 0.5) is 0 Å². The number of rotatable bonds is 5. The highest BCUT2D eigenvalue weighted by atomic mass is 35.5. The molecule has 1 heterocycles. The Bertz CT molecular complexity index is 357. The summed E-state index contributed by atoms with van der Waals surface area (Å²) in [5, 5.41) is 4.11. The molecule has 92 valence electrons. The molecule has 1 aromatic rings. The van der Waals surface area contributed by atoms with Crippen molar-refractivity contribution in [3.05, 3.63) is 41.9 Å². The Labute approximate surface area is 108 Å². The van der Waals surface area contributed by atoms with Crippen LogP contribution < -0.4 is 10.1 Å². The molecule has 0 bridgehead atoms. The molecule has 0 spiro atoms. The van der Waals surface area contributed by atoms with Crippen LogP contribution in [0.5, 0.6) is 5.75 Å². The van der Waals surface area contributed by atoms with Crippen molar-refractivity contribution in [2.45, 2.75) is 18.9 Å². The summed E-state index contributed by atoms with van der Waals surface area (Å²) >= 11 is 5.85. The molecule has 2 nitrogen and oxygen atoms in total. The van der Waals surface area contributed by atoms with Crippen LogP contribution in [0.2, 0.25) is 5.02 Å². The first kappa shape index (κ1) is 12.5. The molecule has 1 N–H and O–H groups in total. The van der Waals surface area contributed by atoms with Gasteiger partial charge in [-0.1, -0.05) is 17.7 Å². The Morgan fingerprint density at radius 2 is 2.24 bits per heavy atom. The number of nitrogens with one attached hydrogen (secondary N) is 1. The maximum atomic E-state index is 6.02. The second-order valence-electron chi connectivity index (χ2n) is 4.39. The molecule has 17 heavy (non-hydrogen) atoms. The van der Waals surface area contributed by atoms with Crippen LogP contribution in [0.3, 0.4) is 0 Å². The minimum absolute atomic E-state index is 0.212. The van der Waals surface area contributed by atoms with E-state index in [0.717, 1.165) is 30.3 Å². The van der Waals surface area contributed by atoms with Gasteiger partial charge in [-0.25, -0.2) is 0 Å². The first-order valence-electron chi connectivity index (χ1n) is 6.03. The summed E-state index contributed by atoms with van der Waals surface area (Å²) in [4.78, 5) is 0. The molecule has 1 aliphatic heterocycles. The standard InChI is InChI=1S/C14H18ClNO/c1-2-3-14(11-8-9-16-10-11)17-13-6-4-12(15)5-7-13/h2,4-7,11,14,16H,1,3,8-10H2/t11-,14-/m0/s1. The van der Waals surface area contributed by atoms with Crippen molar-refractivity contribution >= 4 is 11.6 Å². The number of hydrogen-bond donors (Lipinski definition) is 1. The molecule has 0 unspecified atom stereocenters. The minimum Gasteiger partial charge on any atom is -0.490 e. The van der Waals surface area contributed by atoms with Gasteiger partial charge < -0.3 is 10.1 Å². The monoisotopic (exact) mass is 251 g/mol. The highest BCUT2D eigenvalue weighted by molar-refractivity contribution is 6.30. The molecular formula is C14H18ClNO. The molecule has 1 saturated heterocycles. The van der Waals surface area contributed by atoms with Crippen LogP contribution in [0.1, 0.15) is 12.8 Å². The lowest BCUT2D eigenvalue weighted by Crippen LogP contribution is -2.28. The molecule has 3 heteroatoms. The molecule has 2 rings (SSSR count). The molecule has 1 fully saturated rings. The molecule has 1 aliphatic rings. The zero-order chi connectivity index (χ0) is 12.1. The molecule has 0 saturated carbocycles. The minimum atomic E-state index is 0.212. The maximum Gasteiger partial charge on any atom is 0.119 e.